The van der Waals surface area contributed by atoms with Crippen LogP contribution in [0.5, 0.6) is 0 Å². The zero-order valence-corrected chi connectivity index (χ0v) is 13.2. The first-order chi connectivity index (χ1) is 9.38. The van der Waals surface area contributed by atoms with Gasteiger partial charge in [0, 0.05) is 27.0 Å². The highest BCUT2D eigenvalue weighted by molar-refractivity contribution is 9.10. The van der Waals surface area contributed by atoms with Gasteiger partial charge in [0.05, 0.1) is 6.42 Å². The monoisotopic (exact) mass is 334 g/mol. The van der Waals surface area contributed by atoms with Crippen LogP contribution in [-0.2, 0) is 11.2 Å². The molecule has 2 rings (SSSR count). The Balaban J connectivity index is 2.48. The number of carboxylic acids is 1. The average molecular weight is 335 g/mol. The summed E-state index contributed by atoms with van der Waals surface area (Å²) >= 11 is 3.49. The minimum Gasteiger partial charge on any atom is -0.481 e. The van der Waals surface area contributed by atoms with E-state index in [9.17, 15) is 4.79 Å². The smallest absolute Gasteiger partial charge is 0.307 e. The van der Waals surface area contributed by atoms with Gasteiger partial charge in [0.15, 0.2) is 5.82 Å². The van der Waals surface area contributed by atoms with Gasteiger partial charge >= 0.3 is 5.97 Å². The van der Waals surface area contributed by atoms with Crippen LogP contribution in [0.3, 0.4) is 0 Å². The third-order valence-electron chi connectivity index (χ3n) is 3.18. The van der Waals surface area contributed by atoms with E-state index < -0.39 is 5.97 Å². The summed E-state index contributed by atoms with van der Waals surface area (Å²) in [7, 11) is 0. The quantitative estimate of drug-likeness (QED) is 0.933. The van der Waals surface area contributed by atoms with Gasteiger partial charge in [-0.25, -0.2) is 9.97 Å². The van der Waals surface area contributed by atoms with Crippen molar-refractivity contribution in [1.29, 1.82) is 0 Å². The second-order valence-electron chi connectivity index (χ2n) is 4.73. The summed E-state index contributed by atoms with van der Waals surface area (Å²) in [5, 5.41) is 8.91. The van der Waals surface area contributed by atoms with Gasteiger partial charge in [-0.2, -0.15) is 0 Å². The Morgan fingerprint density at radius 2 is 1.80 bits per heavy atom. The Labute approximate surface area is 126 Å². The largest absolute Gasteiger partial charge is 0.481 e. The fraction of sp³-hybridized carbons (Fsp3) is 0.267. The van der Waals surface area contributed by atoms with Crippen molar-refractivity contribution >= 4 is 21.9 Å². The molecular formula is C15H15BrN2O2. The predicted molar refractivity (Wildman–Crippen MR) is 80.7 cm³/mol. The van der Waals surface area contributed by atoms with Crippen LogP contribution in [0.1, 0.15) is 22.5 Å². The van der Waals surface area contributed by atoms with E-state index in [-0.39, 0.29) is 6.42 Å². The van der Waals surface area contributed by atoms with E-state index in [4.69, 9.17) is 5.11 Å². The number of halogens is 1. The van der Waals surface area contributed by atoms with Crippen molar-refractivity contribution < 1.29 is 9.90 Å². The normalized spacial score (nSPS) is 10.6. The van der Waals surface area contributed by atoms with Crippen molar-refractivity contribution in [1.82, 2.24) is 9.97 Å². The molecule has 0 bridgehead atoms. The van der Waals surface area contributed by atoms with E-state index in [0.717, 1.165) is 15.6 Å². The Morgan fingerprint density at radius 1 is 1.20 bits per heavy atom. The number of nitrogens with zero attached hydrogens (tertiary/aromatic N) is 2. The molecule has 0 unspecified atom stereocenters. The second kappa shape index (κ2) is 5.71. The summed E-state index contributed by atoms with van der Waals surface area (Å²) in [4.78, 5) is 19.7. The van der Waals surface area contributed by atoms with Crippen LogP contribution in [0, 0.1) is 20.8 Å². The first kappa shape index (κ1) is 14.7. The van der Waals surface area contributed by atoms with Gasteiger partial charge in [-0.1, -0.05) is 28.1 Å². The lowest BCUT2D eigenvalue weighted by atomic mass is 10.1. The number of hydrogen-bond donors (Lipinski definition) is 1. The molecule has 0 fully saturated rings. The van der Waals surface area contributed by atoms with Crippen LogP contribution in [0.15, 0.2) is 22.7 Å². The molecule has 0 atom stereocenters. The molecule has 0 saturated carbocycles. The maximum atomic E-state index is 10.8. The molecule has 1 aromatic heterocycles. The average Bonchev–Trinajstić information content (AvgIpc) is 2.36. The highest BCUT2D eigenvalue weighted by atomic mass is 79.9. The molecule has 5 heteroatoms. The van der Waals surface area contributed by atoms with Gasteiger partial charge in [-0.05, 0) is 32.4 Å². The molecule has 0 amide bonds. The summed E-state index contributed by atoms with van der Waals surface area (Å²) in [6, 6.07) is 5.93. The van der Waals surface area contributed by atoms with E-state index in [1.165, 1.54) is 0 Å². The van der Waals surface area contributed by atoms with Crippen molar-refractivity contribution in [3.63, 3.8) is 0 Å². The first-order valence-corrected chi connectivity index (χ1v) is 7.00. The van der Waals surface area contributed by atoms with E-state index in [1.807, 2.05) is 39.0 Å². The highest BCUT2D eigenvalue weighted by Gasteiger charge is 2.13. The topological polar surface area (TPSA) is 63.1 Å². The maximum Gasteiger partial charge on any atom is 0.307 e. The van der Waals surface area contributed by atoms with Gasteiger partial charge in [-0.3, -0.25) is 4.79 Å². The number of benzene rings is 1. The summed E-state index contributed by atoms with van der Waals surface area (Å²) in [6.45, 7) is 5.65. The van der Waals surface area contributed by atoms with Gasteiger partial charge in [-0.15, -0.1) is 0 Å². The van der Waals surface area contributed by atoms with Crippen LogP contribution in [0.2, 0.25) is 0 Å². The molecule has 20 heavy (non-hydrogen) atoms. The zero-order valence-electron chi connectivity index (χ0n) is 11.6. The van der Waals surface area contributed by atoms with Crippen LogP contribution < -0.4 is 0 Å². The molecule has 0 aliphatic rings. The number of rotatable bonds is 3. The third-order valence-corrected chi connectivity index (χ3v) is 4.03. The maximum absolute atomic E-state index is 10.8. The minimum atomic E-state index is -0.870. The van der Waals surface area contributed by atoms with Crippen molar-refractivity contribution in [2.45, 2.75) is 27.2 Å². The van der Waals surface area contributed by atoms with Gasteiger partial charge in [0.25, 0.3) is 0 Å². The van der Waals surface area contributed by atoms with Crippen molar-refractivity contribution in [2.75, 3.05) is 0 Å². The number of carbonyl (C=O) groups is 1. The molecule has 0 aliphatic heterocycles. The van der Waals surface area contributed by atoms with Crippen molar-refractivity contribution in [2.24, 2.45) is 0 Å². The standard InChI is InChI=1S/C15H15BrN2O2/c1-8-4-5-11(6-13(8)16)15-17-9(2)12(7-14(19)20)10(3)18-15/h4-6H,7H2,1-3H3,(H,19,20). The molecule has 2 aromatic rings. The zero-order chi connectivity index (χ0) is 14.9. The van der Waals surface area contributed by atoms with Gasteiger partial charge in [0.2, 0.25) is 0 Å². The van der Waals surface area contributed by atoms with Gasteiger partial charge in [0.1, 0.15) is 0 Å². The van der Waals surface area contributed by atoms with Crippen LogP contribution in [0.25, 0.3) is 11.4 Å². The molecule has 1 N–H and O–H groups in total. The van der Waals surface area contributed by atoms with E-state index in [1.54, 1.807) is 0 Å². The lowest BCUT2D eigenvalue weighted by Gasteiger charge is -2.10. The molecule has 1 heterocycles. The summed E-state index contributed by atoms with van der Waals surface area (Å²) in [5.41, 5.74) is 4.17. The van der Waals surface area contributed by atoms with Crippen molar-refractivity contribution in [3.05, 3.63) is 45.2 Å². The molecule has 0 radical (unpaired) electrons. The number of aryl methyl sites for hydroxylation is 3. The Kier molecular flexibility index (Phi) is 4.18. The molecule has 4 nitrogen and oxygen atoms in total. The fourth-order valence-corrected chi connectivity index (χ4v) is 2.39. The molecule has 0 spiro atoms. The Bertz CT molecular complexity index is 661. The summed E-state index contributed by atoms with van der Waals surface area (Å²) in [6.07, 6.45) is -0.0461. The van der Waals surface area contributed by atoms with E-state index in [0.29, 0.717) is 22.8 Å². The Hall–Kier alpha value is -1.75. The lowest BCUT2D eigenvalue weighted by Crippen LogP contribution is -2.08. The fourth-order valence-electron chi connectivity index (χ4n) is 2.01. The van der Waals surface area contributed by atoms with Crippen LogP contribution >= 0.6 is 15.9 Å². The number of hydrogen-bond acceptors (Lipinski definition) is 3. The summed E-state index contributed by atoms with van der Waals surface area (Å²) < 4.78 is 1.00. The number of carboxylic acid groups (broad SMARTS) is 1. The number of aliphatic carboxylic acids is 1. The third kappa shape index (κ3) is 3.04. The molecule has 1 aromatic carbocycles. The van der Waals surface area contributed by atoms with Gasteiger partial charge < -0.3 is 5.11 Å². The van der Waals surface area contributed by atoms with E-state index >= 15 is 0 Å². The minimum absolute atomic E-state index is 0.0461. The second-order valence-corrected chi connectivity index (χ2v) is 5.59. The van der Waals surface area contributed by atoms with E-state index in [2.05, 4.69) is 25.9 Å². The molecular weight excluding hydrogens is 320 g/mol. The van der Waals surface area contributed by atoms with Crippen LogP contribution in [0.4, 0.5) is 0 Å². The Morgan fingerprint density at radius 3 is 2.30 bits per heavy atom. The van der Waals surface area contributed by atoms with Crippen LogP contribution in [-0.4, -0.2) is 21.0 Å². The lowest BCUT2D eigenvalue weighted by molar-refractivity contribution is -0.136. The van der Waals surface area contributed by atoms with Crippen molar-refractivity contribution in [3.8, 4) is 11.4 Å². The molecule has 0 saturated heterocycles. The summed E-state index contributed by atoms with van der Waals surface area (Å²) in [5.74, 6) is -0.250. The molecule has 104 valence electrons. The SMILES string of the molecule is Cc1ccc(-c2nc(C)c(CC(=O)O)c(C)n2)cc1Br. The highest BCUT2D eigenvalue weighted by Crippen LogP contribution is 2.24. The molecule has 0 aliphatic carbocycles. The number of aromatic nitrogens is 2. The first-order valence-electron chi connectivity index (χ1n) is 6.21. The predicted octanol–water partition coefficient (Wildman–Crippen LogP) is 3.46.